The molecular weight excluding hydrogens is 214 g/mol. The summed E-state index contributed by atoms with van der Waals surface area (Å²) < 4.78 is 25.0. The summed E-state index contributed by atoms with van der Waals surface area (Å²) in [5.41, 5.74) is 4.57. The Balaban J connectivity index is 3.45. The van der Waals surface area contributed by atoms with Crippen molar-refractivity contribution >= 4 is 22.5 Å². The monoisotopic (exact) mass is 220 g/mol. The first kappa shape index (κ1) is 10.8. The molecule has 1 aromatic heterocycles. The Labute approximate surface area is 83.9 Å². The normalized spacial score (nSPS) is 10.6. The lowest BCUT2D eigenvalue weighted by atomic mass is 10.1. The number of carbonyl (C=O) groups is 1. The second-order valence-electron chi connectivity index (χ2n) is 2.69. The number of hydrogen-bond acceptors (Lipinski definition) is 3. The van der Waals surface area contributed by atoms with Crippen molar-refractivity contribution in [2.75, 3.05) is 5.73 Å². The van der Waals surface area contributed by atoms with Crippen LogP contribution in [-0.4, -0.2) is 10.2 Å². The Morgan fingerprint density at radius 1 is 1.64 bits per heavy atom. The molecule has 0 bridgehead atoms. The molecule has 0 aliphatic rings. The van der Waals surface area contributed by atoms with Gasteiger partial charge in [-0.3, -0.25) is 9.78 Å². The molecule has 0 aromatic carbocycles. The highest BCUT2D eigenvalue weighted by atomic mass is 35.5. The van der Waals surface area contributed by atoms with Crippen LogP contribution >= 0.6 is 11.6 Å². The standard InChI is InChI=1S/C8H7ClF2N2O/c1-3-2-13-6(7(9)14)4(5(3)12)8(10)11/h2,8H,1H3,(H2,12,13). The highest BCUT2D eigenvalue weighted by Crippen LogP contribution is 2.30. The number of halogens is 3. The minimum absolute atomic E-state index is 0.140. The van der Waals surface area contributed by atoms with Gasteiger partial charge >= 0.3 is 0 Å². The number of alkyl halides is 2. The van der Waals surface area contributed by atoms with Gasteiger partial charge in [0.15, 0.2) is 0 Å². The minimum atomic E-state index is -2.86. The molecule has 1 aromatic rings. The molecule has 0 atom stereocenters. The van der Waals surface area contributed by atoms with Crippen molar-refractivity contribution in [1.29, 1.82) is 0 Å². The Hall–Kier alpha value is -1.23. The summed E-state index contributed by atoms with van der Waals surface area (Å²) in [7, 11) is 0. The summed E-state index contributed by atoms with van der Waals surface area (Å²) in [6.07, 6.45) is -1.63. The lowest BCUT2D eigenvalue weighted by Crippen LogP contribution is -2.07. The summed E-state index contributed by atoms with van der Waals surface area (Å²) in [5.74, 6) is 0. The molecule has 0 amide bonds. The Morgan fingerprint density at radius 2 is 2.21 bits per heavy atom. The SMILES string of the molecule is Cc1cnc(C(=O)Cl)c(C(F)F)c1N. The van der Waals surface area contributed by atoms with E-state index in [0.717, 1.165) is 0 Å². The zero-order valence-electron chi connectivity index (χ0n) is 7.22. The third-order valence-electron chi connectivity index (χ3n) is 1.76. The fourth-order valence-corrected chi connectivity index (χ4v) is 1.17. The molecular formula is C8H7ClF2N2O. The fourth-order valence-electron chi connectivity index (χ4n) is 1.02. The molecule has 0 spiro atoms. The van der Waals surface area contributed by atoms with Gasteiger partial charge in [0, 0.05) is 11.9 Å². The summed E-state index contributed by atoms with van der Waals surface area (Å²) in [6, 6.07) is 0. The third-order valence-corrected chi connectivity index (χ3v) is 1.94. The maximum absolute atomic E-state index is 12.5. The molecule has 3 nitrogen and oxygen atoms in total. The van der Waals surface area contributed by atoms with Crippen molar-refractivity contribution in [3.63, 3.8) is 0 Å². The summed E-state index contributed by atoms with van der Waals surface area (Å²) >= 11 is 5.09. The van der Waals surface area contributed by atoms with E-state index < -0.39 is 22.9 Å². The van der Waals surface area contributed by atoms with Gasteiger partial charge < -0.3 is 5.73 Å². The van der Waals surface area contributed by atoms with E-state index in [1.165, 1.54) is 13.1 Å². The summed E-state index contributed by atoms with van der Waals surface area (Å²) in [6.45, 7) is 1.52. The first-order valence-corrected chi connectivity index (χ1v) is 4.06. The molecule has 76 valence electrons. The van der Waals surface area contributed by atoms with E-state index in [-0.39, 0.29) is 5.69 Å². The van der Waals surface area contributed by atoms with Crippen LogP contribution in [0.3, 0.4) is 0 Å². The van der Waals surface area contributed by atoms with Crippen molar-refractivity contribution in [1.82, 2.24) is 4.98 Å². The van der Waals surface area contributed by atoms with Crippen molar-refractivity contribution < 1.29 is 13.6 Å². The Kier molecular flexibility index (Phi) is 3.00. The number of aromatic nitrogens is 1. The summed E-state index contributed by atoms with van der Waals surface area (Å²) in [4.78, 5) is 14.3. The van der Waals surface area contributed by atoms with Crippen LogP contribution in [-0.2, 0) is 0 Å². The molecule has 0 aliphatic heterocycles. The molecule has 0 radical (unpaired) electrons. The second kappa shape index (κ2) is 3.88. The summed E-state index contributed by atoms with van der Waals surface area (Å²) in [5, 5.41) is -1.04. The van der Waals surface area contributed by atoms with Crippen LogP contribution in [0.25, 0.3) is 0 Å². The number of anilines is 1. The van der Waals surface area contributed by atoms with Crippen molar-refractivity contribution in [3.05, 3.63) is 23.0 Å². The number of nitrogen functional groups attached to an aromatic ring is 1. The van der Waals surface area contributed by atoms with Crippen molar-refractivity contribution in [3.8, 4) is 0 Å². The Morgan fingerprint density at radius 3 is 2.64 bits per heavy atom. The number of pyridine rings is 1. The largest absolute Gasteiger partial charge is 0.398 e. The maximum Gasteiger partial charge on any atom is 0.271 e. The van der Waals surface area contributed by atoms with Crippen LogP contribution in [0.2, 0.25) is 0 Å². The van der Waals surface area contributed by atoms with E-state index in [1.807, 2.05) is 0 Å². The van der Waals surface area contributed by atoms with Crippen LogP contribution in [0.1, 0.15) is 28.0 Å². The second-order valence-corrected chi connectivity index (χ2v) is 3.03. The smallest absolute Gasteiger partial charge is 0.271 e. The molecule has 1 rings (SSSR count). The van der Waals surface area contributed by atoms with E-state index in [4.69, 9.17) is 17.3 Å². The van der Waals surface area contributed by atoms with Crippen molar-refractivity contribution in [2.45, 2.75) is 13.3 Å². The van der Waals surface area contributed by atoms with Gasteiger partial charge in [-0.2, -0.15) is 0 Å². The number of nitrogens with zero attached hydrogens (tertiary/aromatic N) is 1. The quantitative estimate of drug-likeness (QED) is 0.778. The van der Waals surface area contributed by atoms with Gasteiger partial charge in [-0.1, -0.05) is 0 Å². The van der Waals surface area contributed by atoms with E-state index in [9.17, 15) is 13.6 Å². The number of nitrogens with two attached hydrogens (primary N) is 1. The minimum Gasteiger partial charge on any atom is -0.398 e. The third kappa shape index (κ3) is 1.82. The van der Waals surface area contributed by atoms with Crippen LogP contribution in [0.15, 0.2) is 6.20 Å². The maximum atomic E-state index is 12.5. The van der Waals surface area contributed by atoms with Gasteiger partial charge in [-0.05, 0) is 24.1 Å². The lowest BCUT2D eigenvalue weighted by molar-refractivity contribution is 0.106. The number of hydrogen-bond donors (Lipinski definition) is 1. The predicted molar refractivity (Wildman–Crippen MR) is 48.5 cm³/mol. The van der Waals surface area contributed by atoms with E-state index in [1.54, 1.807) is 0 Å². The van der Waals surface area contributed by atoms with Crippen LogP contribution in [0, 0.1) is 6.92 Å². The van der Waals surface area contributed by atoms with Gasteiger partial charge in [0.1, 0.15) is 5.69 Å². The van der Waals surface area contributed by atoms with Gasteiger partial charge in [-0.15, -0.1) is 0 Å². The predicted octanol–water partition coefficient (Wildman–Crippen LogP) is 2.29. The molecule has 0 fully saturated rings. The number of aryl methyl sites for hydroxylation is 1. The van der Waals surface area contributed by atoms with Crippen molar-refractivity contribution in [2.24, 2.45) is 0 Å². The number of carbonyl (C=O) groups excluding carboxylic acids is 1. The van der Waals surface area contributed by atoms with Crippen LogP contribution in [0.4, 0.5) is 14.5 Å². The first-order valence-electron chi connectivity index (χ1n) is 3.68. The van der Waals surface area contributed by atoms with E-state index in [2.05, 4.69) is 4.98 Å². The average Bonchev–Trinajstić information content (AvgIpc) is 2.08. The van der Waals surface area contributed by atoms with Gasteiger partial charge in [-0.25, -0.2) is 8.78 Å². The highest BCUT2D eigenvalue weighted by Gasteiger charge is 2.22. The molecule has 0 unspecified atom stereocenters. The first-order chi connectivity index (χ1) is 6.45. The molecule has 0 saturated carbocycles. The average molecular weight is 221 g/mol. The lowest BCUT2D eigenvalue weighted by Gasteiger charge is -2.09. The fraction of sp³-hybridized carbons (Fsp3) is 0.250. The molecule has 0 saturated heterocycles. The Bertz CT molecular complexity index is 382. The molecule has 1 heterocycles. The molecule has 0 aliphatic carbocycles. The molecule has 2 N–H and O–H groups in total. The zero-order valence-corrected chi connectivity index (χ0v) is 7.98. The zero-order chi connectivity index (χ0) is 10.9. The molecule has 6 heteroatoms. The van der Waals surface area contributed by atoms with Gasteiger partial charge in [0.25, 0.3) is 11.7 Å². The van der Waals surface area contributed by atoms with Gasteiger partial charge in [0.05, 0.1) is 5.56 Å². The van der Waals surface area contributed by atoms with E-state index >= 15 is 0 Å². The van der Waals surface area contributed by atoms with E-state index in [0.29, 0.717) is 5.56 Å². The van der Waals surface area contributed by atoms with Gasteiger partial charge in [0.2, 0.25) is 0 Å². The number of rotatable bonds is 2. The van der Waals surface area contributed by atoms with Crippen LogP contribution in [0.5, 0.6) is 0 Å². The molecule has 14 heavy (non-hydrogen) atoms. The van der Waals surface area contributed by atoms with Crippen LogP contribution < -0.4 is 5.73 Å². The topological polar surface area (TPSA) is 56.0 Å². The highest BCUT2D eigenvalue weighted by molar-refractivity contribution is 6.67.